The Labute approximate surface area is 183 Å². The molecule has 29 heavy (non-hydrogen) atoms. The number of benzene rings is 2. The van der Waals surface area contributed by atoms with Crippen molar-refractivity contribution in [1.29, 1.82) is 0 Å². The van der Waals surface area contributed by atoms with E-state index < -0.39 is 0 Å². The third-order valence-electron chi connectivity index (χ3n) is 3.99. The lowest BCUT2D eigenvalue weighted by Gasteiger charge is -2.15. The molecule has 0 saturated carbocycles. The molecule has 1 atom stereocenters. The number of hydrogen-bond acceptors (Lipinski definition) is 5. The van der Waals surface area contributed by atoms with Gasteiger partial charge >= 0.3 is 0 Å². The lowest BCUT2D eigenvalue weighted by molar-refractivity contribution is -0.113. The quantitative estimate of drug-likeness (QED) is 0.460. The van der Waals surface area contributed by atoms with E-state index in [1.807, 2.05) is 30.5 Å². The third-order valence-corrected chi connectivity index (χ3v) is 5.45. The summed E-state index contributed by atoms with van der Waals surface area (Å²) in [7, 11) is 0. The highest BCUT2D eigenvalue weighted by atomic mass is 35.5. The van der Waals surface area contributed by atoms with Crippen molar-refractivity contribution in [3.63, 3.8) is 0 Å². The van der Waals surface area contributed by atoms with Crippen LogP contribution in [0.3, 0.4) is 0 Å². The van der Waals surface area contributed by atoms with Crippen molar-refractivity contribution in [2.45, 2.75) is 31.7 Å². The van der Waals surface area contributed by atoms with E-state index in [2.05, 4.69) is 15.5 Å². The second kappa shape index (κ2) is 10.0. The van der Waals surface area contributed by atoms with Crippen LogP contribution in [0, 0.1) is 0 Å². The number of carbonyl (C=O) groups is 1. The van der Waals surface area contributed by atoms with Crippen LogP contribution in [0.2, 0.25) is 10.0 Å². The van der Waals surface area contributed by atoms with Gasteiger partial charge < -0.3 is 14.6 Å². The molecule has 0 fully saturated rings. The molecule has 1 heterocycles. The molecule has 1 amide bonds. The molecule has 0 aliphatic heterocycles. The summed E-state index contributed by atoms with van der Waals surface area (Å²) < 4.78 is 7.88. The number of aromatic nitrogens is 3. The summed E-state index contributed by atoms with van der Waals surface area (Å²) in [6.07, 6.45) is -0.321. The fraction of sp³-hybridized carbons (Fsp3) is 0.250. The van der Waals surface area contributed by atoms with Gasteiger partial charge in [-0.3, -0.25) is 4.79 Å². The highest BCUT2D eigenvalue weighted by Gasteiger charge is 2.19. The first-order valence-electron chi connectivity index (χ1n) is 8.99. The van der Waals surface area contributed by atoms with Gasteiger partial charge in [-0.2, -0.15) is 0 Å². The number of anilines is 1. The Hall–Kier alpha value is -2.22. The van der Waals surface area contributed by atoms with Crippen LogP contribution >= 0.6 is 35.0 Å². The van der Waals surface area contributed by atoms with Crippen molar-refractivity contribution in [1.82, 2.24) is 14.8 Å². The zero-order chi connectivity index (χ0) is 20.8. The molecule has 3 rings (SSSR count). The second-order valence-electron chi connectivity index (χ2n) is 6.15. The summed E-state index contributed by atoms with van der Waals surface area (Å²) in [5, 5.41) is 13.2. The van der Waals surface area contributed by atoms with Crippen LogP contribution in [0.1, 0.15) is 25.8 Å². The number of nitrogens with zero attached hydrogens (tertiary/aromatic N) is 3. The molecule has 1 aromatic heterocycles. The van der Waals surface area contributed by atoms with E-state index in [-0.39, 0.29) is 17.8 Å². The SMILES string of the molecule is CCn1c(SCC(=O)Nc2ccc(Cl)cc2)nnc1C(C)Oc1cccc(Cl)c1. The average molecular weight is 451 g/mol. The van der Waals surface area contributed by atoms with Gasteiger partial charge in [0.2, 0.25) is 5.91 Å². The number of nitrogens with one attached hydrogen (secondary N) is 1. The van der Waals surface area contributed by atoms with Crippen molar-refractivity contribution in [2.24, 2.45) is 0 Å². The van der Waals surface area contributed by atoms with E-state index >= 15 is 0 Å². The van der Waals surface area contributed by atoms with Crippen LogP contribution in [0.15, 0.2) is 53.7 Å². The molecular weight excluding hydrogens is 431 g/mol. The third kappa shape index (κ3) is 5.88. The van der Waals surface area contributed by atoms with Crippen LogP contribution < -0.4 is 10.1 Å². The topological polar surface area (TPSA) is 69.0 Å². The predicted octanol–water partition coefficient (Wildman–Crippen LogP) is 5.48. The van der Waals surface area contributed by atoms with Crippen LogP contribution in [0.5, 0.6) is 5.75 Å². The number of rotatable bonds is 8. The van der Waals surface area contributed by atoms with E-state index in [4.69, 9.17) is 27.9 Å². The molecule has 1 unspecified atom stereocenters. The van der Waals surface area contributed by atoms with Gasteiger partial charge in [0, 0.05) is 22.3 Å². The summed E-state index contributed by atoms with van der Waals surface area (Å²) in [6, 6.07) is 14.2. The maximum absolute atomic E-state index is 12.2. The molecule has 0 bridgehead atoms. The Morgan fingerprint density at radius 1 is 1.17 bits per heavy atom. The molecule has 9 heteroatoms. The van der Waals surface area contributed by atoms with Crippen molar-refractivity contribution in [3.05, 3.63) is 64.4 Å². The Morgan fingerprint density at radius 2 is 1.93 bits per heavy atom. The number of ether oxygens (including phenoxy) is 1. The lowest BCUT2D eigenvalue weighted by atomic mass is 10.3. The second-order valence-corrected chi connectivity index (χ2v) is 7.96. The first kappa shape index (κ1) is 21.5. The van der Waals surface area contributed by atoms with Gasteiger partial charge in [0.1, 0.15) is 5.75 Å². The predicted molar refractivity (Wildman–Crippen MR) is 117 cm³/mol. The highest BCUT2D eigenvalue weighted by molar-refractivity contribution is 7.99. The zero-order valence-corrected chi connectivity index (χ0v) is 18.3. The average Bonchev–Trinajstić information content (AvgIpc) is 3.11. The van der Waals surface area contributed by atoms with Gasteiger partial charge in [-0.1, -0.05) is 41.0 Å². The Morgan fingerprint density at radius 3 is 2.62 bits per heavy atom. The first-order valence-corrected chi connectivity index (χ1v) is 10.7. The fourth-order valence-electron chi connectivity index (χ4n) is 2.66. The lowest BCUT2D eigenvalue weighted by Crippen LogP contribution is -2.15. The zero-order valence-electron chi connectivity index (χ0n) is 15.9. The standard InChI is InChI=1S/C20H20Cl2N4O2S/c1-3-26-19(13(2)28-17-6-4-5-15(22)11-17)24-25-20(26)29-12-18(27)23-16-9-7-14(21)8-10-16/h4-11,13H,3,12H2,1-2H3,(H,23,27). The Kier molecular flexibility index (Phi) is 7.41. The number of hydrogen-bond donors (Lipinski definition) is 1. The van der Waals surface area contributed by atoms with E-state index in [1.165, 1.54) is 11.8 Å². The van der Waals surface area contributed by atoms with Gasteiger partial charge in [0.15, 0.2) is 17.1 Å². The van der Waals surface area contributed by atoms with E-state index in [0.29, 0.717) is 39.0 Å². The van der Waals surface area contributed by atoms with Crippen LogP contribution in [-0.4, -0.2) is 26.4 Å². The Bertz CT molecular complexity index is 979. The minimum absolute atomic E-state index is 0.132. The smallest absolute Gasteiger partial charge is 0.234 e. The summed E-state index contributed by atoms with van der Waals surface area (Å²) in [5.74, 6) is 1.43. The Balaban J connectivity index is 1.62. The van der Waals surface area contributed by atoms with Crippen molar-refractivity contribution >= 4 is 46.6 Å². The minimum Gasteiger partial charge on any atom is -0.483 e. The molecular formula is C20H20Cl2N4O2S. The monoisotopic (exact) mass is 450 g/mol. The van der Waals surface area contributed by atoms with Gasteiger partial charge in [-0.25, -0.2) is 0 Å². The van der Waals surface area contributed by atoms with E-state index in [9.17, 15) is 4.79 Å². The maximum Gasteiger partial charge on any atom is 0.234 e. The molecule has 0 spiro atoms. The fourth-order valence-corrected chi connectivity index (χ4v) is 3.78. The molecule has 6 nitrogen and oxygen atoms in total. The van der Waals surface area contributed by atoms with Gasteiger partial charge in [-0.15, -0.1) is 10.2 Å². The van der Waals surface area contributed by atoms with Crippen molar-refractivity contribution in [3.8, 4) is 5.75 Å². The molecule has 0 aliphatic carbocycles. The first-order chi connectivity index (χ1) is 14.0. The maximum atomic E-state index is 12.2. The minimum atomic E-state index is -0.321. The normalized spacial score (nSPS) is 11.9. The molecule has 152 valence electrons. The van der Waals surface area contributed by atoms with Crippen LogP contribution in [0.25, 0.3) is 0 Å². The van der Waals surface area contributed by atoms with Crippen molar-refractivity contribution < 1.29 is 9.53 Å². The van der Waals surface area contributed by atoms with Crippen molar-refractivity contribution in [2.75, 3.05) is 11.1 Å². The summed E-state index contributed by atoms with van der Waals surface area (Å²) in [4.78, 5) is 12.2. The highest BCUT2D eigenvalue weighted by Crippen LogP contribution is 2.26. The summed E-state index contributed by atoms with van der Waals surface area (Å²) in [6.45, 7) is 4.56. The number of thioether (sulfide) groups is 1. The summed E-state index contributed by atoms with van der Waals surface area (Å²) >= 11 is 13.2. The van der Waals surface area contributed by atoms with E-state index in [0.717, 1.165) is 0 Å². The van der Waals surface area contributed by atoms with E-state index in [1.54, 1.807) is 36.4 Å². The van der Waals surface area contributed by atoms with Gasteiger partial charge in [0.05, 0.1) is 5.75 Å². The van der Waals surface area contributed by atoms with Gasteiger partial charge in [0.25, 0.3) is 0 Å². The van der Waals surface area contributed by atoms with Gasteiger partial charge in [-0.05, 0) is 56.3 Å². The number of halogens is 2. The number of carbonyl (C=O) groups excluding carboxylic acids is 1. The molecule has 2 aromatic carbocycles. The largest absolute Gasteiger partial charge is 0.483 e. The number of amides is 1. The molecule has 0 aliphatic rings. The molecule has 0 saturated heterocycles. The molecule has 0 radical (unpaired) electrons. The molecule has 3 aromatic rings. The van der Waals surface area contributed by atoms with Crippen LogP contribution in [-0.2, 0) is 11.3 Å². The molecule has 1 N–H and O–H groups in total. The summed E-state index contributed by atoms with van der Waals surface area (Å²) in [5.41, 5.74) is 0.696. The van der Waals surface area contributed by atoms with Crippen LogP contribution in [0.4, 0.5) is 5.69 Å².